The number of carboxylic acids is 1. The van der Waals surface area contributed by atoms with Crippen LogP contribution in [-0.2, 0) is 0 Å². The summed E-state index contributed by atoms with van der Waals surface area (Å²) in [6, 6.07) is 2.65. The van der Waals surface area contributed by atoms with Crippen molar-refractivity contribution in [2.24, 2.45) is 5.92 Å². The largest absolute Gasteiger partial charge is 0.478 e. The maximum absolute atomic E-state index is 13.4. The average Bonchev–Trinajstić information content (AvgIpc) is 2.81. The van der Waals surface area contributed by atoms with E-state index < -0.39 is 11.8 Å². The second-order valence-corrected chi connectivity index (χ2v) is 4.77. The molecule has 1 unspecified atom stereocenters. The molecule has 1 aliphatic rings. The number of halogens is 1. The van der Waals surface area contributed by atoms with Crippen molar-refractivity contribution in [3.63, 3.8) is 0 Å². The molecule has 4 N–H and O–H groups in total. The van der Waals surface area contributed by atoms with E-state index in [1.54, 1.807) is 0 Å². The fraction of sp³-hybridized carbons (Fsp3) is 0.462. The molecule has 0 spiro atoms. The summed E-state index contributed by atoms with van der Waals surface area (Å²) in [6.07, 6.45) is 1.58. The molecule has 1 atom stereocenters. The molecule has 0 bridgehead atoms. The predicted octanol–water partition coefficient (Wildman–Crippen LogP) is 1.31. The molecule has 1 aromatic rings. The smallest absolute Gasteiger partial charge is 0.340 e. The van der Waals surface area contributed by atoms with Gasteiger partial charge in [0.15, 0.2) is 0 Å². The zero-order valence-electron chi connectivity index (χ0n) is 10.5. The van der Waals surface area contributed by atoms with E-state index in [1.807, 2.05) is 4.90 Å². The first kappa shape index (κ1) is 13.6. The van der Waals surface area contributed by atoms with Gasteiger partial charge in [0.25, 0.3) is 0 Å². The fourth-order valence-corrected chi connectivity index (χ4v) is 2.54. The second-order valence-electron chi connectivity index (χ2n) is 4.77. The lowest BCUT2D eigenvalue weighted by atomic mass is 10.1. The number of nitrogens with two attached hydrogens (primary N) is 1. The maximum Gasteiger partial charge on any atom is 0.340 e. The summed E-state index contributed by atoms with van der Waals surface area (Å²) in [6.45, 7) is 1.47. The van der Waals surface area contributed by atoms with Crippen molar-refractivity contribution in [2.45, 2.75) is 12.8 Å². The molecule has 1 fully saturated rings. The van der Waals surface area contributed by atoms with Crippen molar-refractivity contribution in [2.75, 3.05) is 30.3 Å². The Labute approximate surface area is 110 Å². The molecule has 1 heterocycles. The van der Waals surface area contributed by atoms with Crippen LogP contribution in [-0.4, -0.2) is 35.9 Å². The van der Waals surface area contributed by atoms with E-state index >= 15 is 0 Å². The van der Waals surface area contributed by atoms with Gasteiger partial charge in [0.2, 0.25) is 0 Å². The summed E-state index contributed by atoms with van der Waals surface area (Å²) < 4.78 is 13.4. The van der Waals surface area contributed by atoms with Gasteiger partial charge in [-0.05, 0) is 30.9 Å². The molecule has 0 radical (unpaired) electrons. The first-order chi connectivity index (χ1) is 9.04. The zero-order valence-corrected chi connectivity index (χ0v) is 10.5. The quantitative estimate of drug-likeness (QED) is 0.717. The number of carboxylic acid groups (broad SMARTS) is 1. The van der Waals surface area contributed by atoms with Gasteiger partial charge >= 0.3 is 5.97 Å². The van der Waals surface area contributed by atoms with Gasteiger partial charge in [-0.2, -0.15) is 0 Å². The van der Waals surface area contributed by atoms with Crippen LogP contribution in [0.2, 0.25) is 0 Å². The Morgan fingerprint density at radius 1 is 1.53 bits per heavy atom. The third-order valence-corrected chi connectivity index (χ3v) is 3.55. The molecule has 1 aromatic carbocycles. The first-order valence-electron chi connectivity index (χ1n) is 6.21. The molecule has 2 rings (SSSR count). The Balaban J connectivity index is 2.31. The minimum atomic E-state index is -1.22. The van der Waals surface area contributed by atoms with E-state index in [4.69, 9.17) is 10.8 Å². The van der Waals surface area contributed by atoms with Gasteiger partial charge in [-0.3, -0.25) is 0 Å². The minimum Gasteiger partial charge on any atom is -0.478 e. The third-order valence-electron chi connectivity index (χ3n) is 3.55. The molecular formula is C13H17FN2O3. The number of aromatic carboxylic acids is 1. The highest BCUT2D eigenvalue weighted by molar-refractivity contribution is 6.00. The molecule has 1 saturated heterocycles. The number of aliphatic hydroxyl groups is 1. The number of benzene rings is 1. The van der Waals surface area contributed by atoms with Gasteiger partial charge < -0.3 is 20.8 Å². The van der Waals surface area contributed by atoms with Crippen molar-refractivity contribution in [1.29, 1.82) is 0 Å². The van der Waals surface area contributed by atoms with Crippen molar-refractivity contribution >= 4 is 17.3 Å². The lowest BCUT2D eigenvalue weighted by molar-refractivity contribution is 0.0698. The number of hydrogen-bond donors (Lipinski definition) is 3. The number of carbonyl (C=O) groups is 1. The van der Waals surface area contributed by atoms with Crippen molar-refractivity contribution in [3.05, 3.63) is 23.5 Å². The Bertz CT molecular complexity index is 493. The predicted molar refractivity (Wildman–Crippen MR) is 69.8 cm³/mol. The number of hydrogen-bond acceptors (Lipinski definition) is 4. The Morgan fingerprint density at radius 2 is 2.26 bits per heavy atom. The van der Waals surface area contributed by atoms with Gasteiger partial charge in [0.05, 0.1) is 11.4 Å². The summed E-state index contributed by atoms with van der Waals surface area (Å²) in [5, 5.41) is 18.1. The average molecular weight is 268 g/mol. The topological polar surface area (TPSA) is 86.8 Å². The van der Waals surface area contributed by atoms with Crippen LogP contribution in [0.3, 0.4) is 0 Å². The molecule has 19 heavy (non-hydrogen) atoms. The van der Waals surface area contributed by atoms with Crippen molar-refractivity contribution in [3.8, 4) is 0 Å². The molecule has 6 heteroatoms. The van der Waals surface area contributed by atoms with Crippen LogP contribution >= 0.6 is 0 Å². The zero-order chi connectivity index (χ0) is 14.0. The highest BCUT2D eigenvalue weighted by Crippen LogP contribution is 2.32. The van der Waals surface area contributed by atoms with Crippen LogP contribution in [0.4, 0.5) is 15.8 Å². The molecule has 0 amide bonds. The second kappa shape index (κ2) is 5.44. The Kier molecular flexibility index (Phi) is 3.90. The van der Waals surface area contributed by atoms with E-state index in [0.717, 1.165) is 6.42 Å². The van der Waals surface area contributed by atoms with Crippen LogP contribution < -0.4 is 10.6 Å². The molecule has 104 valence electrons. The van der Waals surface area contributed by atoms with Crippen molar-refractivity contribution in [1.82, 2.24) is 0 Å². The van der Waals surface area contributed by atoms with Gasteiger partial charge in [0.1, 0.15) is 11.4 Å². The minimum absolute atomic E-state index is 0.121. The van der Waals surface area contributed by atoms with Gasteiger partial charge in [0, 0.05) is 19.7 Å². The van der Waals surface area contributed by atoms with E-state index in [0.29, 0.717) is 31.1 Å². The monoisotopic (exact) mass is 268 g/mol. The molecule has 1 aliphatic heterocycles. The summed E-state index contributed by atoms with van der Waals surface area (Å²) in [5.74, 6) is -1.61. The van der Waals surface area contributed by atoms with E-state index in [1.165, 1.54) is 12.1 Å². The standard InChI is InChI=1S/C13H17FN2O3/c14-9-1-2-10(11(12(9)15)13(18)19)16-5-3-8(7-16)4-6-17/h1-2,8,17H,3-7,15H2,(H,18,19). The van der Waals surface area contributed by atoms with Crippen LogP contribution in [0.25, 0.3) is 0 Å². The van der Waals surface area contributed by atoms with E-state index in [-0.39, 0.29) is 17.9 Å². The lowest BCUT2D eigenvalue weighted by Gasteiger charge is -2.21. The fourth-order valence-electron chi connectivity index (χ4n) is 2.54. The molecular weight excluding hydrogens is 251 g/mol. The highest BCUT2D eigenvalue weighted by Gasteiger charge is 2.27. The molecule has 0 saturated carbocycles. The molecule has 0 aliphatic carbocycles. The number of nitrogen functional groups attached to an aromatic ring is 1. The van der Waals surface area contributed by atoms with E-state index in [9.17, 15) is 14.3 Å². The van der Waals surface area contributed by atoms with Crippen LogP contribution in [0, 0.1) is 11.7 Å². The van der Waals surface area contributed by atoms with Crippen LogP contribution in [0.15, 0.2) is 12.1 Å². The van der Waals surface area contributed by atoms with E-state index in [2.05, 4.69) is 0 Å². The normalized spacial score (nSPS) is 18.8. The molecule has 5 nitrogen and oxygen atoms in total. The summed E-state index contributed by atoms with van der Waals surface area (Å²) in [4.78, 5) is 13.1. The third kappa shape index (κ3) is 2.63. The maximum atomic E-state index is 13.4. The van der Waals surface area contributed by atoms with Gasteiger partial charge in [-0.25, -0.2) is 9.18 Å². The lowest BCUT2D eigenvalue weighted by Crippen LogP contribution is -2.23. The van der Waals surface area contributed by atoms with Crippen LogP contribution in [0.1, 0.15) is 23.2 Å². The Morgan fingerprint density at radius 3 is 2.89 bits per heavy atom. The summed E-state index contributed by atoms with van der Waals surface area (Å²) in [7, 11) is 0. The number of rotatable bonds is 4. The first-order valence-corrected chi connectivity index (χ1v) is 6.21. The van der Waals surface area contributed by atoms with Gasteiger partial charge in [-0.1, -0.05) is 0 Å². The number of anilines is 2. The van der Waals surface area contributed by atoms with Gasteiger partial charge in [-0.15, -0.1) is 0 Å². The van der Waals surface area contributed by atoms with Crippen LogP contribution in [0.5, 0.6) is 0 Å². The van der Waals surface area contributed by atoms with Crippen molar-refractivity contribution < 1.29 is 19.4 Å². The molecule has 0 aromatic heterocycles. The number of aliphatic hydroxyl groups excluding tert-OH is 1. The highest BCUT2D eigenvalue weighted by atomic mass is 19.1. The SMILES string of the molecule is Nc1c(F)ccc(N2CCC(CCO)C2)c1C(=O)O. The number of nitrogens with zero attached hydrogens (tertiary/aromatic N) is 1. The summed E-state index contributed by atoms with van der Waals surface area (Å²) in [5.41, 5.74) is 5.47. The summed E-state index contributed by atoms with van der Waals surface area (Å²) >= 11 is 0. The Hall–Kier alpha value is -1.82.